The largest absolute Gasteiger partial charge is 0.381 e. The first-order valence-electron chi connectivity index (χ1n) is 4.63. The predicted octanol–water partition coefficient (Wildman–Crippen LogP) is 2.40. The van der Waals surface area contributed by atoms with Gasteiger partial charge in [0, 0.05) is 13.2 Å². The molecule has 72 valence electrons. The predicted molar refractivity (Wildman–Crippen MR) is 51.4 cm³/mol. The zero-order valence-corrected chi connectivity index (χ0v) is 8.27. The molecule has 0 aliphatic carbocycles. The Morgan fingerprint density at radius 3 is 1.75 bits per heavy atom. The van der Waals surface area contributed by atoms with Crippen LogP contribution in [0.15, 0.2) is 12.2 Å². The third-order valence-electron chi connectivity index (χ3n) is 1.61. The van der Waals surface area contributed by atoms with E-state index in [0.717, 1.165) is 39.3 Å². The average molecular weight is 172 g/mol. The Kier molecular flexibility index (Phi) is 8.51. The van der Waals surface area contributed by atoms with Crippen LogP contribution in [0.3, 0.4) is 0 Å². The van der Waals surface area contributed by atoms with Gasteiger partial charge in [0.25, 0.3) is 0 Å². The highest BCUT2D eigenvalue weighted by Gasteiger charge is 1.94. The average Bonchev–Trinajstić information content (AvgIpc) is 2.06. The minimum Gasteiger partial charge on any atom is -0.381 e. The lowest BCUT2D eigenvalue weighted by Crippen LogP contribution is -1.99. The van der Waals surface area contributed by atoms with Crippen molar-refractivity contribution in [1.82, 2.24) is 0 Å². The molecule has 0 radical (unpaired) electrons. The molecule has 0 N–H and O–H groups in total. The van der Waals surface area contributed by atoms with Crippen molar-refractivity contribution in [2.75, 3.05) is 26.4 Å². The van der Waals surface area contributed by atoms with Gasteiger partial charge in [-0.1, -0.05) is 12.2 Å². The van der Waals surface area contributed by atoms with Gasteiger partial charge in [0.1, 0.15) is 0 Å². The van der Waals surface area contributed by atoms with Crippen molar-refractivity contribution < 1.29 is 9.47 Å². The highest BCUT2D eigenvalue weighted by Crippen LogP contribution is 2.03. The van der Waals surface area contributed by atoms with E-state index in [9.17, 15) is 0 Å². The minimum absolute atomic E-state index is 0.790. The van der Waals surface area contributed by atoms with Crippen molar-refractivity contribution in [3.05, 3.63) is 12.2 Å². The molecule has 0 amide bonds. The molecule has 0 aromatic heterocycles. The normalized spacial score (nSPS) is 10.2. The zero-order chi connectivity index (χ0) is 9.23. The highest BCUT2D eigenvalue weighted by molar-refractivity contribution is 4.93. The lowest BCUT2D eigenvalue weighted by molar-refractivity contribution is 0.140. The van der Waals surface area contributed by atoms with Crippen LogP contribution in [0.2, 0.25) is 0 Å². The van der Waals surface area contributed by atoms with Gasteiger partial charge in [0.15, 0.2) is 0 Å². The second-order valence-electron chi connectivity index (χ2n) is 2.64. The van der Waals surface area contributed by atoms with Crippen molar-refractivity contribution in [3.63, 3.8) is 0 Å². The van der Waals surface area contributed by atoms with Gasteiger partial charge in [-0.2, -0.15) is 0 Å². The first-order valence-corrected chi connectivity index (χ1v) is 4.63. The number of hydrogen-bond donors (Lipinski definition) is 0. The van der Waals surface area contributed by atoms with E-state index < -0.39 is 0 Å². The fraction of sp³-hybridized carbons (Fsp3) is 0.800. The topological polar surface area (TPSA) is 18.5 Å². The van der Waals surface area contributed by atoms with Crippen molar-refractivity contribution in [1.29, 1.82) is 0 Å². The summed E-state index contributed by atoms with van der Waals surface area (Å²) in [4.78, 5) is 0. The summed E-state index contributed by atoms with van der Waals surface area (Å²) in [6, 6.07) is 0. The second kappa shape index (κ2) is 8.75. The Bertz CT molecular complexity index is 98.4. The summed E-state index contributed by atoms with van der Waals surface area (Å²) in [6.45, 7) is 11.1. The first-order chi connectivity index (χ1) is 5.81. The zero-order valence-electron chi connectivity index (χ0n) is 8.27. The molecule has 2 nitrogen and oxygen atoms in total. The maximum Gasteiger partial charge on any atom is 0.0502 e. The number of hydrogen-bond acceptors (Lipinski definition) is 2. The second-order valence-corrected chi connectivity index (χ2v) is 2.64. The first kappa shape index (κ1) is 11.7. The molecule has 12 heavy (non-hydrogen) atoms. The Hall–Kier alpha value is -0.340. The van der Waals surface area contributed by atoms with Gasteiger partial charge >= 0.3 is 0 Å². The molecule has 0 aromatic rings. The standard InChI is InChI=1S/C10H20O2/c1-4-11-8-6-10(3)7-9-12-5-2/h3-9H2,1-2H3. The maximum absolute atomic E-state index is 5.21. The smallest absolute Gasteiger partial charge is 0.0502 e. The van der Waals surface area contributed by atoms with Crippen LogP contribution in [0.4, 0.5) is 0 Å². The van der Waals surface area contributed by atoms with Crippen LogP contribution in [0.5, 0.6) is 0 Å². The molecule has 2 heteroatoms. The molecule has 0 rings (SSSR count). The summed E-state index contributed by atoms with van der Waals surface area (Å²) in [7, 11) is 0. The molecule has 0 fully saturated rings. The van der Waals surface area contributed by atoms with E-state index >= 15 is 0 Å². The summed E-state index contributed by atoms with van der Waals surface area (Å²) in [5, 5.41) is 0. The van der Waals surface area contributed by atoms with Crippen molar-refractivity contribution in [2.24, 2.45) is 0 Å². The molecule has 0 saturated heterocycles. The Morgan fingerprint density at radius 1 is 1.00 bits per heavy atom. The molecule has 0 saturated carbocycles. The van der Waals surface area contributed by atoms with Gasteiger partial charge < -0.3 is 9.47 Å². The van der Waals surface area contributed by atoms with Crippen LogP contribution < -0.4 is 0 Å². The van der Waals surface area contributed by atoms with E-state index in [2.05, 4.69) is 6.58 Å². The van der Waals surface area contributed by atoms with E-state index in [4.69, 9.17) is 9.47 Å². The van der Waals surface area contributed by atoms with Gasteiger partial charge in [-0.15, -0.1) is 0 Å². The van der Waals surface area contributed by atoms with E-state index in [1.54, 1.807) is 0 Å². The maximum atomic E-state index is 5.21. The lowest BCUT2D eigenvalue weighted by atomic mass is 10.2. The van der Waals surface area contributed by atoms with E-state index in [1.165, 1.54) is 5.57 Å². The van der Waals surface area contributed by atoms with Crippen molar-refractivity contribution >= 4 is 0 Å². The quantitative estimate of drug-likeness (QED) is 0.413. The molecular formula is C10H20O2. The van der Waals surface area contributed by atoms with Crippen LogP contribution >= 0.6 is 0 Å². The lowest BCUT2D eigenvalue weighted by Gasteiger charge is -2.05. The molecular weight excluding hydrogens is 152 g/mol. The molecule has 0 aromatic carbocycles. The third kappa shape index (κ3) is 7.76. The van der Waals surface area contributed by atoms with E-state index in [-0.39, 0.29) is 0 Å². The van der Waals surface area contributed by atoms with Gasteiger partial charge in [-0.05, 0) is 26.7 Å². The molecule has 0 aliphatic heterocycles. The third-order valence-corrected chi connectivity index (χ3v) is 1.61. The molecule has 0 aliphatic rings. The molecule has 0 atom stereocenters. The van der Waals surface area contributed by atoms with Crippen LogP contribution in [-0.4, -0.2) is 26.4 Å². The Labute approximate surface area is 75.6 Å². The van der Waals surface area contributed by atoms with Crippen LogP contribution in [0.25, 0.3) is 0 Å². The van der Waals surface area contributed by atoms with Gasteiger partial charge in [0.2, 0.25) is 0 Å². The van der Waals surface area contributed by atoms with Crippen LogP contribution in [0, 0.1) is 0 Å². The molecule has 0 spiro atoms. The Morgan fingerprint density at radius 2 is 1.42 bits per heavy atom. The SMILES string of the molecule is C=C(CCOCC)CCOCC. The summed E-state index contributed by atoms with van der Waals surface area (Å²) in [5.41, 5.74) is 1.22. The highest BCUT2D eigenvalue weighted by atomic mass is 16.5. The van der Waals surface area contributed by atoms with E-state index in [0.29, 0.717) is 0 Å². The summed E-state index contributed by atoms with van der Waals surface area (Å²) >= 11 is 0. The summed E-state index contributed by atoms with van der Waals surface area (Å²) in [6.07, 6.45) is 1.92. The van der Waals surface area contributed by atoms with Crippen LogP contribution in [0.1, 0.15) is 26.7 Å². The minimum atomic E-state index is 0.790. The molecule has 0 bridgehead atoms. The van der Waals surface area contributed by atoms with Crippen LogP contribution in [-0.2, 0) is 9.47 Å². The summed E-state index contributed by atoms with van der Waals surface area (Å²) in [5.74, 6) is 0. The molecule has 0 heterocycles. The number of ether oxygens (including phenoxy) is 2. The fourth-order valence-corrected chi connectivity index (χ4v) is 0.847. The summed E-state index contributed by atoms with van der Waals surface area (Å²) < 4.78 is 10.4. The van der Waals surface area contributed by atoms with Crippen molar-refractivity contribution in [2.45, 2.75) is 26.7 Å². The van der Waals surface area contributed by atoms with Gasteiger partial charge in [-0.25, -0.2) is 0 Å². The number of rotatable bonds is 8. The monoisotopic (exact) mass is 172 g/mol. The van der Waals surface area contributed by atoms with E-state index in [1.807, 2.05) is 13.8 Å². The fourth-order valence-electron chi connectivity index (χ4n) is 0.847. The molecule has 0 unspecified atom stereocenters. The Balaban J connectivity index is 3.10. The van der Waals surface area contributed by atoms with Gasteiger partial charge in [-0.3, -0.25) is 0 Å². The van der Waals surface area contributed by atoms with Gasteiger partial charge in [0.05, 0.1) is 13.2 Å². The van der Waals surface area contributed by atoms with Crippen molar-refractivity contribution in [3.8, 4) is 0 Å².